The van der Waals surface area contributed by atoms with Crippen LogP contribution in [0.4, 0.5) is 10.5 Å². The van der Waals surface area contributed by atoms with Gasteiger partial charge in [0.2, 0.25) is 0 Å². The average molecular weight is 289 g/mol. The molecule has 0 aromatic heterocycles. The fourth-order valence-electron chi connectivity index (χ4n) is 3.02. The number of ether oxygens (including phenoxy) is 2. The van der Waals surface area contributed by atoms with E-state index in [0.29, 0.717) is 6.54 Å². The fraction of sp³-hybridized carbons (Fsp3) is 0.588. The third kappa shape index (κ3) is 3.14. The summed E-state index contributed by atoms with van der Waals surface area (Å²) in [5, 5.41) is 0. The molecule has 3 rings (SSSR count). The van der Waals surface area contributed by atoms with Crippen molar-refractivity contribution in [1.29, 1.82) is 0 Å². The van der Waals surface area contributed by atoms with Gasteiger partial charge in [0.15, 0.2) is 0 Å². The Balaban J connectivity index is 1.60. The van der Waals surface area contributed by atoms with Crippen LogP contribution in [-0.4, -0.2) is 25.3 Å². The molecule has 0 radical (unpaired) electrons. The highest BCUT2D eigenvalue weighted by molar-refractivity contribution is 5.90. The number of benzene rings is 1. The van der Waals surface area contributed by atoms with Crippen molar-refractivity contribution in [3.05, 3.63) is 23.8 Å². The molecule has 1 unspecified atom stereocenters. The number of nitrogens with zero attached hydrogens (tertiary/aromatic N) is 1. The molecule has 0 saturated carbocycles. The summed E-state index contributed by atoms with van der Waals surface area (Å²) in [7, 11) is 0. The molecular weight excluding hydrogens is 266 g/mol. The normalized spacial score (nSPS) is 20.3. The van der Waals surface area contributed by atoms with E-state index in [1.165, 1.54) is 24.8 Å². The van der Waals surface area contributed by atoms with E-state index >= 15 is 0 Å². The van der Waals surface area contributed by atoms with Gasteiger partial charge in [-0.3, -0.25) is 4.90 Å². The molecule has 0 N–H and O–H groups in total. The van der Waals surface area contributed by atoms with E-state index in [2.05, 4.69) is 13.0 Å². The Labute approximate surface area is 126 Å². The summed E-state index contributed by atoms with van der Waals surface area (Å²) in [6.45, 7) is 3.61. The molecule has 1 aromatic carbocycles. The van der Waals surface area contributed by atoms with E-state index in [9.17, 15) is 4.79 Å². The lowest BCUT2D eigenvalue weighted by molar-refractivity contribution is 0.135. The van der Waals surface area contributed by atoms with E-state index in [1.54, 1.807) is 4.90 Å². The van der Waals surface area contributed by atoms with Crippen molar-refractivity contribution in [2.75, 3.05) is 18.1 Å². The van der Waals surface area contributed by atoms with E-state index in [4.69, 9.17) is 9.47 Å². The molecule has 21 heavy (non-hydrogen) atoms. The molecule has 2 aliphatic rings. The second-order valence-electron chi connectivity index (χ2n) is 5.86. The van der Waals surface area contributed by atoms with Crippen molar-refractivity contribution in [2.45, 2.75) is 51.6 Å². The number of hydrogen-bond donors (Lipinski definition) is 0. The number of carbonyl (C=O) groups is 1. The van der Waals surface area contributed by atoms with Crippen molar-refractivity contribution in [3.63, 3.8) is 0 Å². The SMILES string of the molecule is CCCCCCC1CN(c2ccc3c(c2)CCO3)C(=O)O1. The Morgan fingerprint density at radius 3 is 3.05 bits per heavy atom. The molecule has 0 spiro atoms. The Morgan fingerprint density at radius 2 is 2.19 bits per heavy atom. The number of hydrogen-bond acceptors (Lipinski definition) is 3. The highest BCUT2D eigenvalue weighted by atomic mass is 16.6. The molecule has 4 heteroatoms. The zero-order valence-corrected chi connectivity index (χ0v) is 12.6. The van der Waals surface area contributed by atoms with Gasteiger partial charge in [0.25, 0.3) is 0 Å². The minimum Gasteiger partial charge on any atom is -0.493 e. The lowest BCUT2D eigenvalue weighted by Gasteiger charge is -2.14. The maximum atomic E-state index is 12.0. The molecule has 1 saturated heterocycles. The smallest absolute Gasteiger partial charge is 0.414 e. The number of amides is 1. The predicted molar refractivity (Wildman–Crippen MR) is 82.0 cm³/mol. The van der Waals surface area contributed by atoms with Gasteiger partial charge >= 0.3 is 6.09 Å². The Bertz CT molecular complexity index is 515. The van der Waals surface area contributed by atoms with Crippen LogP contribution in [-0.2, 0) is 11.2 Å². The molecule has 4 nitrogen and oxygen atoms in total. The van der Waals surface area contributed by atoms with Gasteiger partial charge in [-0.2, -0.15) is 0 Å². The molecular formula is C17H23NO3. The zero-order chi connectivity index (χ0) is 14.7. The maximum Gasteiger partial charge on any atom is 0.414 e. The summed E-state index contributed by atoms with van der Waals surface area (Å²) in [6, 6.07) is 5.97. The summed E-state index contributed by atoms with van der Waals surface area (Å²) >= 11 is 0. The van der Waals surface area contributed by atoms with Gasteiger partial charge < -0.3 is 9.47 Å². The summed E-state index contributed by atoms with van der Waals surface area (Å²) < 4.78 is 11.0. The molecule has 114 valence electrons. The molecule has 2 aliphatic heterocycles. The number of rotatable bonds is 6. The first-order chi connectivity index (χ1) is 10.3. The second-order valence-corrected chi connectivity index (χ2v) is 5.86. The van der Waals surface area contributed by atoms with Crippen LogP contribution in [0.5, 0.6) is 5.75 Å². The number of unbranched alkanes of at least 4 members (excludes halogenated alkanes) is 3. The van der Waals surface area contributed by atoms with Gasteiger partial charge in [0.05, 0.1) is 13.2 Å². The third-order valence-corrected chi connectivity index (χ3v) is 4.24. The van der Waals surface area contributed by atoms with Gasteiger partial charge in [0, 0.05) is 12.1 Å². The van der Waals surface area contributed by atoms with Gasteiger partial charge in [-0.1, -0.05) is 26.2 Å². The molecule has 1 fully saturated rings. The van der Waals surface area contributed by atoms with Crippen LogP contribution in [0.2, 0.25) is 0 Å². The van der Waals surface area contributed by atoms with Crippen LogP contribution >= 0.6 is 0 Å². The van der Waals surface area contributed by atoms with E-state index in [0.717, 1.165) is 37.3 Å². The summed E-state index contributed by atoms with van der Waals surface area (Å²) in [5.41, 5.74) is 2.12. The lowest BCUT2D eigenvalue weighted by atomic mass is 10.1. The van der Waals surface area contributed by atoms with Crippen molar-refractivity contribution >= 4 is 11.8 Å². The van der Waals surface area contributed by atoms with Crippen LogP contribution in [0.1, 0.15) is 44.6 Å². The summed E-state index contributed by atoms with van der Waals surface area (Å²) in [4.78, 5) is 13.8. The van der Waals surface area contributed by atoms with Gasteiger partial charge in [-0.25, -0.2) is 4.79 Å². The predicted octanol–water partition coefficient (Wildman–Crippen LogP) is 3.92. The molecule has 2 heterocycles. The largest absolute Gasteiger partial charge is 0.493 e. The van der Waals surface area contributed by atoms with Crippen LogP contribution in [0.25, 0.3) is 0 Å². The van der Waals surface area contributed by atoms with E-state index in [1.807, 2.05) is 12.1 Å². The Kier molecular flexibility index (Phi) is 4.32. The second kappa shape index (κ2) is 6.37. The van der Waals surface area contributed by atoms with E-state index < -0.39 is 0 Å². The number of carbonyl (C=O) groups excluding carboxylic acids is 1. The van der Waals surface area contributed by atoms with E-state index in [-0.39, 0.29) is 12.2 Å². The quantitative estimate of drug-likeness (QED) is 0.745. The Hall–Kier alpha value is -1.71. The summed E-state index contributed by atoms with van der Waals surface area (Å²) in [6.07, 6.45) is 6.57. The first-order valence-corrected chi connectivity index (χ1v) is 8.02. The lowest BCUT2D eigenvalue weighted by Crippen LogP contribution is -2.24. The topological polar surface area (TPSA) is 38.8 Å². The van der Waals surface area contributed by atoms with Crippen LogP contribution < -0.4 is 9.64 Å². The van der Waals surface area contributed by atoms with Crippen molar-refractivity contribution in [2.24, 2.45) is 0 Å². The number of cyclic esters (lactones) is 1. The standard InChI is InChI=1S/C17H23NO3/c1-2-3-4-5-6-15-12-18(17(19)21-15)14-7-8-16-13(11-14)9-10-20-16/h7-8,11,15H,2-6,9-10,12H2,1H3. The number of anilines is 1. The highest BCUT2D eigenvalue weighted by Crippen LogP contribution is 2.31. The maximum absolute atomic E-state index is 12.0. The average Bonchev–Trinajstić information content (AvgIpc) is 3.09. The van der Waals surface area contributed by atoms with Crippen molar-refractivity contribution < 1.29 is 14.3 Å². The van der Waals surface area contributed by atoms with Gasteiger partial charge in [0.1, 0.15) is 11.9 Å². The molecule has 1 amide bonds. The van der Waals surface area contributed by atoms with Crippen molar-refractivity contribution in [1.82, 2.24) is 0 Å². The minimum atomic E-state index is -0.214. The van der Waals surface area contributed by atoms with Gasteiger partial charge in [-0.15, -0.1) is 0 Å². The Morgan fingerprint density at radius 1 is 1.29 bits per heavy atom. The van der Waals surface area contributed by atoms with Gasteiger partial charge in [-0.05, 0) is 36.6 Å². The van der Waals surface area contributed by atoms with Crippen LogP contribution in [0, 0.1) is 0 Å². The van der Waals surface area contributed by atoms with Crippen LogP contribution in [0.15, 0.2) is 18.2 Å². The molecule has 0 bridgehead atoms. The fourth-order valence-corrected chi connectivity index (χ4v) is 3.02. The molecule has 0 aliphatic carbocycles. The highest BCUT2D eigenvalue weighted by Gasteiger charge is 2.32. The summed E-state index contributed by atoms with van der Waals surface area (Å²) in [5.74, 6) is 0.947. The zero-order valence-electron chi connectivity index (χ0n) is 12.6. The first kappa shape index (κ1) is 14.2. The molecule has 1 aromatic rings. The monoisotopic (exact) mass is 289 g/mol. The van der Waals surface area contributed by atoms with Crippen molar-refractivity contribution in [3.8, 4) is 5.75 Å². The van der Waals surface area contributed by atoms with Crippen LogP contribution in [0.3, 0.4) is 0 Å². The third-order valence-electron chi connectivity index (χ3n) is 4.24. The minimum absolute atomic E-state index is 0.0406. The number of fused-ring (bicyclic) bond motifs is 1. The molecule has 1 atom stereocenters. The first-order valence-electron chi connectivity index (χ1n) is 8.02.